The Morgan fingerprint density at radius 2 is 1.41 bits per heavy atom. The van der Waals surface area contributed by atoms with Crippen molar-refractivity contribution in [2.24, 2.45) is 0 Å². The summed E-state index contributed by atoms with van der Waals surface area (Å²) >= 11 is 0. The van der Waals surface area contributed by atoms with Gasteiger partial charge in [0.05, 0.1) is 20.6 Å². The number of nitrogens with zero attached hydrogens (tertiary/aromatic N) is 1. The number of anilines is 1. The zero-order valence-electron chi connectivity index (χ0n) is 16.7. The fraction of sp³-hybridized carbons (Fsp3) is 0.160. The second-order valence-corrected chi connectivity index (χ2v) is 6.54. The van der Waals surface area contributed by atoms with Crippen molar-refractivity contribution in [1.29, 1.82) is 0 Å². The topological polar surface area (TPSA) is 38.8 Å². The van der Waals surface area contributed by atoms with Gasteiger partial charge >= 0.3 is 0 Å². The summed E-state index contributed by atoms with van der Waals surface area (Å²) in [7, 11) is 3.26. The number of benzene rings is 3. The average molecular weight is 387 g/mol. The van der Waals surface area contributed by atoms with E-state index in [1.807, 2.05) is 91.0 Å². The van der Waals surface area contributed by atoms with Gasteiger partial charge in [-0.15, -0.1) is 0 Å². The Morgan fingerprint density at radius 3 is 2.00 bits per heavy atom. The molecular formula is C25H25NO3. The van der Waals surface area contributed by atoms with Crippen molar-refractivity contribution < 1.29 is 14.3 Å². The molecule has 0 aliphatic rings. The summed E-state index contributed by atoms with van der Waals surface area (Å²) in [5, 5.41) is 0. The largest absolute Gasteiger partial charge is 0.497 e. The van der Waals surface area contributed by atoms with E-state index in [2.05, 4.69) is 0 Å². The predicted molar refractivity (Wildman–Crippen MR) is 118 cm³/mol. The Morgan fingerprint density at radius 1 is 0.828 bits per heavy atom. The van der Waals surface area contributed by atoms with Crippen molar-refractivity contribution >= 4 is 17.7 Å². The summed E-state index contributed by atoms with van der Waals surface area (Å²) in [4.78, 5) is 14.9. The molecule has 0 unspecified atom stereocenters. The van der Waals surface area contributed by atoms with Gasteiger partial charge in [-0.2, -0.15) is 0 Å². The Bertz CT molecular complexity index is 932. The van der Waals surface area contributed by atoms with Crippen LogP contribution in [0.2, 0.25) is 0 Å². The maximum Gasteiger partial charge on any atom is 0.231 e. The number of hydrogen-bond donors (Lipinski definition) is 0. The standard InChI is InChI=1S/C25H25NO3/c1-28-23-14-10-21(11-15-23)19-25(27)26(22-12-16-24(29-2)17-13-22)18-6-9-20-7-4-3-5-8-20/h3-17H,18-19H2,1-2H3/b9-6+. The van der Waals surface area contributed by atoms with Gasteiger partial charge in [-0.25, -0.2) is 0 Å². The van der Waals surface area contributed by atoms with Crippen molar-refractivity contribution in [3.05, 3.63) is 96.1 Å². The number of ether oxygens (including phenoxy) is 2. The van der Waals surface area contributed by atoms with E-state index in [0.29, 0.717) is 13.0 Å². The first-order valence-corrected chi connectivity index (χ1v) is 9.48. The predicted octanol–water partition coefficient (Wildman–Crippen LogP) is 4.99. The van der Waals surface area contributed by atoms with Gasteiger partial charge in [0, 0.05) is 12.2 Å². The van der Waals surface area contributed by atoms with Crippen LogP contribution in [0.1, 0.15) is 11.1 Å². The van der Waals surface area contributed by atoms with Crippen LogP contribution in [0, 0.1) is 0 Å². The third-order valence-electron chi connectivity index (χ3n) is 4.60. The summed E-state index contributed by atoms with van der Waals surface area (Å²) in [5.74, 6) is 1.56. The number of rotatable bonds is 8. The Labute approximate surface area is 172 Å². The zero-order valence-corrected chi connectivity index (χ0v) is 16.7. The molecular weight excluding hydrogens is 362 g/mol. The van der Waals surface area contributed by atoms with Gasteiger partial charge in [-0.3, -0.25) is 4.79 Å². The number of methoxy groups -OCH3 is 2. The molecule has 4 nitrogen and oxygen atoms in total. The number of hydrogen-bond acceptors (Lipinski definition) is 3. The Hall–Kier alpha value is -3.53. The Balaban J connectivity index is 1.78. The van der Waals surface area contributed by atoms with Gasteiger partial charge in [0.1, 0.15) is 11.5 Å². The van der Waals surface area contributed by atoms with E-state index in [-0.39, 0.29) is 5.91 Å². The summed E-state index contributed by atoms with van der Waals surface area (Å²) in [6, 6.07) is 25.2. The van der Waals surface area contributed by atoms with Gasteiger partial charge in [0.2, 0.25) is 5.91 Å². The number of carbonyl (C=O) groups excluding carboxylic acids is 1. The van der Waals surface area contributed by atoms with Gasteiger partial charge in [0.15, 0.2) is 0 Å². The zero-order chi connectivity index (χ0) is 20.5. The monoisotopic (exact) mass is 387 g/mol. The molecule has 29 heavy (non-hydrogen) atoms. The minimum Gasteiger partial charge on any atom is -0.497 e. The molecule has 0 radical (unpaired) electrons. The van der Waals surface area contributed by atoms with Gasteiger partial charge in [-0.05, 0) is 47.5 Å². The van der Waals surface area contributed by atoms with E-state index in [1.54, 1.807) is 19.1 Å². The lowest BCUT2D eigenvalue weighted by Crippen LogP contribution is -2.32. The van der Waals surface area contributed by atoms with Crippen LogP contribution in [0.4, 0.5) is 5.69 Å². The van der Waals surface area contributed by atoms with Gasteiger partial charge < -0.3 is 14.4 Å². The van der Waals surface area contributed by atoms with Gasteiger partial charge in [-0.1, -0.05) is 54.6 Å². The molecule has 4 heteroatoms. The highest BCUT2D eigenvalue weighted by Gasteiger charge is 2.15. The highest BCUT2D eigenvalue weighted by Crippen LogP contribution is 2.21. The van der Waals surface area contributed by atoms with E-state index in [0.717, 1.165) is 28.3 Å². The maximum atomic E-state index is 13.1. The van der Waals surface area contributed by atoms with Crippen LogP contribution in [0.15, 0.2) is 84.9 Å². The second kappa shape index (κ2) is 10.1. The molecule has 0 aliphatic carbocycles. The molecule has 0 saturated heterocycles. The molecule has 0 aliphatic heterocycles. The Kier molecular flexibility index (Phi) is 7.06. The summed E-state index contributed by atoms with van der Waals surface area (Å²) in [6.07, 6.45) is 4.35. The van der Waals surface area contributed by atoms with Crippen molar-refractivity contribution in [2.75, 3.05) is 25.7 Å². The molecule has 148 valence electrons. The summed E-state index contributed by atoms with van der Waals surface area (Å²) in [5.41, 5.74) is 2.88. The minimum absolute atomic E-state index is 0.0260. The lowest BCUT2D eigenvalue weighted by atomic mass is 10.1. The van der Waals surface area contributed by atoms with Crippen LogP contribution < -0.4 is 14.4 Å². The molecule has 0 saturated carbocycles. The van der Waals surface area contributed by atoms with E-state index in [1.165, 1.54) is 0 Å². The second-order valence-electron chi connectivity index (χ2n) is 6.54. The first-order valence-electron chi connectivity index (χ1n) is 9.48. The van der Waals surface area contributed by atoms with E-state index in [9.17, 15) is 4.79 Å². The average Bonchev–Trinajstić information content (AvgIpc) is 2.78. The molecule has 0 bridgehead atoms. The third kappa shape index (κ3) is 5.72. The van der Waals surface area contributed by atoms with Crippen LogP contribution in [-0.2, 0) is 11.2 Å². The molecule has 1 amide bonds. The normalized spacial score (nSPS) is 10.7. The molecule has 3 aromatic carbocycles. The molecule has 0 fully saturated rings. The lowest BCUT2D eigenvalue weighted by molar-refractivity contribution is -0.117. The van der Waals surface area contributed by atoms with E-state index >= 15 is 0 Å². The van der Waals surface area contributed by atoms with Crippen LogP contribution in [0.3, 0.4) is 0 Å². The molecule has 3 rings (SSSR count). The van der Waals surface area contributed by atoms with Crippen molar-refractivity contribution in [1.82, 2.24) is 0 Å². The third-order valence-corrected chi connectivity index (χ3v) is 4.60. The molecule has 0 atom stereocenters. The van der Waals surface area contributed by atoms with Crippen LogP contribution in [-0.4, -0.2) is 26.7 Å². The van der Waals surface area contributed by atoms with Crippen molar-refractivity contribution in [3.63, 3.8) is 0 Å². The molecule has 0 N–H and O–H groups in total. The van der Waals surface area contributed by atoms with Crippen LogP contribution >= 0.6 is 0 Å². The number of amides is 1. The fourth-order valence-electron chi connectivity index (χ4n) is 2.99. The van der Waals surface area contributed by atoms with E-state index in [4.69, 9.17) is 9.47 Å². The van der Waals surface area contributed by atoms with E-state index < -0.39 is 0 Å². The summed E-state index contributed by atoms with van der Waals surface area (Å²) < 4.78 is 10.4. The summed E-state index contributed by atoms with van der Waals surface area (Å²) in [6.45, 7) is 0.482. The highest BCUT2D eigenvalue weighted by molar-refractivity contribution is 5.95. The molecule has 3 aromatic rings. The maximum absolute atomic E-state index is 13.1. The highest BCUT2D eigenvalue weighted by atomic mass is 16.5. The van der Waals surface area contributed by atoms with Crippen molar-refractivity contribution in [2.45, 2.75) is 6.42 Å². The van der Waals surface area contributed by atoms with Crippen LogP contribution in [0.25, 0.3) is 6.08 Å². The van der Waals surface area contributed by atoms with Crippen LogP contribution in [0.5, 0.6) is 11.5 Å². The molecule has 0 heterocycles. The van der Waals surface area contributed by atoms with Gasteiger partial charge in [0.25, 0.3) is 0 Å². The first-order chi connectivity index (χ1) is 14.2. The molecule has 0 aromatic heterocycles. The fourth-order valence-corrected chi connectivity index (χ4v) is 2.99. The first kappa shape index (κ1) is 20.2. The quantitative estimate of drug-likeness (QED) is 0.546. The number of carbonyl (C=O) groups is 1. The SMILES string of the molecule is COc1ccc(CC(=O)N(C/C=C/c2ccccc2)c2ccc(OC)cc2)cc1. The lowest BCUT2D eigenvalue weighted by Gasteiger charge is -2.22. The van der Waals surface area contributed by atoms with Crippen molar-refractivity contribution in [3.8, 4) is 11.5 Å². The molecule has 0 spiro atoms. The smallest absolute Gasteiger partial charge is 0.231 e. The minimum atomic E-state index is 0.0260.